The smallest absolute Gasteiger partial charge is 0.267 e. The lowest BCUT2D eigenvalue weighted by Crippen LogP contribution is -2.47. The first-order valence-corrected chi connectivity index (χ1v) is 10.4. The maximum absolute atomic E-state index is 10.8. The summed E-state index contributed by atoms with van der Waals surface area (Å²) < 4.78 is 30.8. The van der Waals surface area contributed by atoms with Gasteiger partial charge < -0.3 is 9.59 Å². The average Bonchev–Trinajstić information content (AvgIpc) is 2.37. The molecule has 0 aromatic rings. The first kappa shape index (κ1) is 22.6. The van der Waals surface area contributed by atoms with Crippen LogP contribution in [0.4, 0.5) is 0 Å². The van der Waals surface area contributed by atoms with Crippen LogP contribution in [0.15, 0.2) is 12.2 Å². The molecule has 0 aliphatic heterocycles. The second-order valence-corrected chi connectivity index (χ2v) is 8.53. The highest BCUT2D eigenvalue weighted by atomic mass is 32.2. The molecule has 0 saturated carbocycles. The zero-order chi connectivity index (χ0) is 17.8. The first-order valence-electron chi connectivity index (χ1n) is 8.76. The van der Waals surface area contributed by atoms with Gasteiger partial charge in [0.1, 0.15) is 18.4 Å². The summed E-state index contributed by atoms with van der Waals surface area (Å²) in [5, 5.41) is 9.72. The molecular formula is C17H36NO4S+. The highest BCUT2D eigenvalue weighted by Gasteiger charge is 2.23. The van der Waals surface area contributed by atoms with Gasteiger partial charge in [-0.15, -0.1) is 0 Å². The first-order chi connectivity index (χ1) is 10.7. The van der Waals surface area contributed by atoms with E-state index in [9.17, 15) is 13.5 Å². The Bertz CT molecular complexity index is 418. The Kier molecular flexibility index (Phi) is 11.8. The lowest BCUT2D eigenvalue weighted by molar-refractivity contribution is -0.893. The summed E-state index contributed by atoms with van der Waals surface area (Å²) >= 11 is 0. The summed E-state index contributed by atoms with van der Waals surface area (Å²) in [5.41, 5.74) is 0. The van der Waals surface area contributed by atoms with Crippen LogP contribution in [0, 0.1) is 0 Å². The lowest BCUT2D eigenvalue weighted by Gasteiger charge is -2.31. The molecule has 0 rings (SSSR count). The van der Waals surface area contributed by atoms with Crippen LogP contribution in [0.2, 0.25) is 0 Å². The molecule has 0 fully saturated rings. The topological polar surface area (TPSA) is 74.6 Å². The minimum atomic E-state index is -4.10. The molecule has 5 nitrogen and oxygen atoms in total. The molecule has 0 aromatic heterocycles. The van der Waals surface area contributed by atoms with Gasteiger partial charge in [-0.1, -0.05) is 38.3 Å². The van der Waals surface area contributed by atoms with E-state index in [-0.39, 0.29) is 0 Å². The number of allylic oxidation sites excluding steroid dienone is 2. The van der Waals surface area contributed by atoms with E-state index < -0.39 is 22.0 Å². The second-order valence-electron chi connectivity index (χ2n) is 7.03. The number of unbranched alkanes of at least 4 members (excludes halogenated alkanes) is 6. The van der Waals surface area contributed by atoms with Crippen molar-refractivity contribution in [2.24, 2.45) is 0 Å². The van der Waals surface area contributed by atoms with Gasteiger partial charge in [0.05, 0.1) is 20.6 Å². The molecule has 0 saturated heterocycles. The summed E-state index contributed by atoms with van der Waals surface area (Å²) in [7, 11) is -0.146. The van der Waals surface area contributed by atoms with E-state index in [4.69, 9.17) is 4.55 Å². The van der Waals surface area contributed by atoms with Crippen molar-refractivity contribution in [3.63, 3.8) is 0 Å². The molecule has 1 unspecified atom stereocenters. The third-order valence-electron chi connectivity index (χ3n) is 3.89. The van der Waals surface area contributed by atoms with Crippen molar-refractivity contribution in [2.45, 2.75) is 64.4 Å². The van der Waals surface area contributed by atoms with Crippen LogP contribution in [-0.4, -0.2) is 61.6 Å². The largest absolute Gasteiger partial charge is 0.386 e. The summed E-state index contributed by atoms with van der Waals surface area (Å²) in [5.74, 6) is -0.582. The van der Waals surface area contributed by atoms with Crippen LogP contribution in [0.25, 0.3) is 0 Å². The Labute approximate surface area is 142 Å². The van der Waals surface area contributed by atoms with E-state index in [1.54, 1.807) is 0 Å². The van der Waals surface area contributed by atoms with Crippen molar-refractivity contribution < 1.29 is 22.6 Å². The molecule has 2 N–H and O–H groups in total. The van der Waals surface area contributed by atoms with Gasteiger partial charge in [0.2, 0.25) is 0 Å². The van der Waals surface area contributed by atoms with Crippen LogP contribution >= 0.6 is 0 Å². The Morgan fingerprint density at radius 1 is 1.00 bits per heavy atom. The zero-order valence-electron chi connectivity index (χ0n) is 15.1. The Balaban J connectivity index is 3.68. The fraction of sp³-hybridized carbons (Fsp3) is 0.882. The second kappa shape index (κ2) is 12.0. The van der Waals surface area contributed by atoms with Gasteiger partial charge in [-0.3, -0.25) is 4.55 Å². The summed E-state index contributed by atoms with van der Waals surface area (Å²) in [6.07, 6.45) is 13.0. The molecule has 0 radical (unpaired) electrons. The SMILES string of the molecule is CC/C=C/CCCCCCCC[N+](C)(C)CC(O)CS(=O)(=O)O. The third kappa shape index (κ3) is 16.2. The molecule has 0 spiro atoms. The molecule has 0 amide bonds. The van der Waals surface area contributed by atoms with Crippen LogP contribution in [-0.2, 0) is 10.1 Å². The molecule has 6 heteroatoms. The highest BCUT2D eigenvalue weighted by Crippen LogP contribution is 2.10. The Morgan fingerprint density at radius 3 is 2.13 bits per heavy atom. The molecule has 0 aliphatic rings. The van der Waals surface area contributed by atoms with Crippen molar-refractivity contribution in [1.82, 2.24) is 0 Å². The number of likely N-dealkylation sites (N-methyl/N-ethyl adjacent to an activating group) is 1. The van der Waals surface area contributed by atoms with Gasteiger partial charge >= 0.3 is 0 Å². The Morgan fingerprint density at radius 2 is 1.57 bits per heavy atom. The minimum absolute atomic E-state index is 0.337. The summed E-state index contributed by atoms with van der Waals surface area (Å²) in [6.45, 7) is 3.39. The molecule has 0 aromatic carbocycles. The van der Waals surface area contributed by atoms with Crippen molar-refractivity contribution in [1.29, 1.82) is 0 Å². The normalized spacial score (nSPS) is 14.5. The number of nitrogens with zero attached hydrogens (tertiary/aromatic N) is 1. The number of aliphatic hydroxyl groups is 1. The van der Waals surface area contributed by atoms with E-state index in [2.05, 4.69) is 19.1 Å². The predicted octanol–water partition coefficient (Wildman–Crippen LogP) is 3.01. The molecule has 1 atom stereocenters. The number of hydrogen-bond acceptors (Lipinski definition) is 3. The van der Waals surface area contributed by atoms with E-state index in [0.717, 1.165) is 19.4 Å². The van der Waals surface area contributed by atoms with Crippen LogP contribution in [0.5, 0.6) is 0 Å². The summed E-state index contributed by atoms with van der Waals surface area (Å²) in [6, 6.07) is 0. The Hall–Kier alpha value is -0.430. The molecule has 138 valence electrons. The highest BCUT2D eigenvalue weighted by molar-refractivity contribution is 7.85. The molecular weight excluding hydrogens is 314 g/mol. The predicted molar refractivity (Wildman–Crippen MR) is 96.0 cm³/mol. The van der Waals surface area contributed by atoms with Gasteiger partial charge in [-0.2, -0.15) is 8.42 Å². The maximum atomic E-state index is 10.8. The number of quaternary nitrogens is 1. The third-order valence-corrected chi connectivity index (χ3v) is 4.70. The standard InChI is InChI=1S/C17H35NO4S/c1-4-5-6-7-8-9-10-11-12-13-14-18(2,3)15-17(19)16-23(20,21)22/h5-6,17,19H,4,7-16H2,1-3H3/p+1/b6-5+. The average molecular weight is 351 g/mol. The molecule has 0 heterocycles. The van der Waals surface area contributed by atoms with Gasteiger partial charge in [0.15, 0.2) is 0 Å². The fourth-order valence-corrected chi connectivity index (χ4v) is 3.34. The van der Waals surface area contributed by atoms with Gasteiger partial charge in [0, 0.05) is 0 Å². The zero-order valence-corrected chi connectivity index (χ0v) is 15.9. The lowest BCUT2D eigenvalue weighted by atomic mass is 10.1. The summed E-state index contributed by atoms with van der Waals surface area (Å²) in [4.78, 5) is 0. The molecule has 23 heavy (non-hydrogen) atoms. The molecule has 0 aliphatic carbocycles. The van der Waals surface area contributed by atoms with Gasteiger partial charge in [-0.25, -0.2) is 0 Å². The quantitative estimate of drug-likeness (QED) is 0.219. The number of rotatable bonds is 14. The monoisotopic (exact) mass is 350 g/mol. The van der Waals surface area contributed by atoms with Crippen molar-refractivity contribution in [2.75, 3.05) is 32.9 Å². The van der Waals surface area contributed by atoms with Crippen LogP contribution < -0.4 is 0 Å². The van der Waals surface area contributed by atoms with Crippen molar-refractivity contribution >= 4 is 10.1 Å². The minimum Gasteiger partial charge on any atom is -0.386 e. The van der Waals surface area contributed by atoms with E-state index in [1.165, 1.54) is 38.5 Å². The van der Waals surface area contributed by atoms with Crippen molar-refractivity contribution in [3.8, 4) is 0 Å². The maximum Gasteiger partial charge on any atom is 0.267 e. The van der Waals surface area contributed by atoms with Crippen molar-refractivity contribution in [3.05, 3.63) is 12.2 Å². The fourth-order valence-electron chi connectivity index (χ4n) is 2.75. The van der Waals surface area contributed by atoms with Gasteiger partial charge in [0.25, 0.3) is 10.1 Å². The van der Waals surface area contributed by atoms with Crippen LogP contribution in [0.1, 0.15) is 58.3 Å². The van der Waals surface area contributed by atoms with Gasteiger partial charge in [-0.05, 0) is 32.1 Å². The molecule has 0 bridgehead atoms. The van der Waals surface area contributed by atoms with E-state index >= 15 is 0 Å². The van der Waals surface area contributed by atoms with E-state index in [1.807, 2.05) is 14.1 Å². The van der Waals surface area contributed by atoms with Crippen LogP contribution in [0.3, 0.4) is 0 Å². The number of hydrogen-bond donors (Lipinski definition) is 2. The number of aliphatic hydroxyl groups excluding tert-OH is 1. The van der Waals surface area contributed by atoms with E-state index in [0.29, 0.717) is 11.0 Å².